The lowest BCUT2D eigenvalue weighted by Gasteiger charge is -2.06. The number of carbonyl (C=O) groups excluding carboxylic acids is 1. The number of hydrogen-bond acceptors (Lipinski definition) is 6. The van der Waals surface area contributed by atoms with Crippen molar-refractivity contribution in [2.45, 2.75) is 23.2 Å². The molecular weight excluding hydrogens is 363 g/mol. The molecule has 22 heavy (non-hydrogen) atoms. The maximum absolute atomic E-state index is 12.0. The molecule has 5 nitrogen and oxygen atoms in total. The van der Waals surface area contributed by atoms with E-state index in [1.54, 1.807) is 18.2 Å². The number of aromatic nitrogens is 2. The highest BCUT2D eigenvalue weighted by molar-refractivity contribution is 8.01. The number of halogens is 2. The lowest BCUT2D eigenvalue weighted by atomic mass is 10.3. The van der Waals surface area contributed by atoms with Crippen LogP contribution < -0.4 is 10.6 Å². The Balaban J connectivity index is 1.51. The molecule has 116 valence electrons. The molecule has 0 spiro atoms. The van der Waals surface area contributed by atoms with Crippen LogP contribution in [0.15, 0.2) is 22.5 Å². The first kappa shape index (κ1) is 15.9. The number of rotatable bonds is 6. The highest BCUT2D eigenvalue weighted by atomic mass is 35.5. The Labute approximate surface area is 145 Å². The minimum absolute atomic E-state index is 0.166. The van der Waals surface area contributed by atoms with Gasteiger partial charge in [0, 0.05) is 11.1 Å². The first-order valence-electron chi connectivity index (χ1n) is 6.58. The molecule has 2 aromatic rings. The van der Waals surface area contributed by atoms with Gasteiger partial charge in [-0.2, -0.15) is 0 Å². The molecule has 0 bridgehead atoms. The van der Waals surface area contributed by atoms with Gasteiger partial charge in [-0.15, -0.1) is 10.2 Å². The predicted octanol–water partition coefficient (Wildman–Crippen LogP) is 4.15. The molecule has 1 aliphatic carbocycles. The summed E-state index contributed by atoms with van der Waals surface area (Å²) in [6, 6.07) is 5.48. The Morgan fingerprint density at radius 2 is 2.18 bits per heavy atom. The van der Waals surface area contributed by atoms with E-state index >= 15 is 0 Å². The van der Waals surface area contributed by atoms with E-state index in [4.69, 9.17) is 23.2 Å². The largest absolute Gasteiger partial charge is 0.357 e. The Bertz CT molecular complexity index is 690. The molecule has 3 rings (SSSR count). The standard InChI is InChI=1S/C13H12Cl2N4OS2/c14-7-1-4-9(15)10(5-7)17-11(20)6-21-13-19-18-12(22-13)16-8-2-3-8/h1,4-5,8H,2-3,6H2,(H,16,18)(H,17,20). The lowest BCUT2D eigenvalue weighted by molar-refractivity contribution is -0.113. The summed E-state index contributed by atoms with van der Waals surface area (Å²) in [6.45, 7) is 0. The maximum Gasteiger partial charge on any atom is 0.234 e. The zero-order valence-corrected chi connectivity index (χ0v) is 14.5. The van der Waals surface area contributed by atoms with Crippen LogP contribution in [0.25, 0.3) is 0 Å². The van der Waals surface area contributed by atoms with Crippen LogP contribution in [0.3, 0.4) is 0 Å². The number of hydrogen-bond donors (Lipinski definition) is 2. The molecule has 1 heterocycles. The third kappa shape index (κ3) is 4.49. The van der Waals surface area contributed by atoms with Crippen LogP contribution in [0.2, 0.25) is 10.0 Å². The molecule has 1 aromatic heterocycles. The molecule has 1 aromatic carbocycles. The fourth-order valence-electron chi connectivity index (χ4n) is 1.64. The predicted molar refractivity (Wildman–Crippen MR) is 92.4 cm³/mol. The summed E-state index contributed by atoms with van der Waals surface area (Å²) >= 11 is 14.7. The average Bonchev–Trinajstić information content (AvgIpc) is 3.18. The highest BCUT2D eigenvalue weighted by Gasteiger charge is 2.22. The SMILES string of the molecule is O=C(CSc1nnc(NC2CC2)s1)Nc1cc(Cl)ccc1Cl. The molecule has 0 atom stereocenters. The Kier molecular flexibility index (Phi) is 5.07. The van der Waals surface area contributed by atoms with Gasteiger partial charge in [0.15, 0.2) is 4.34 Å². The first-order chi connectivity index (χ1) is 10.6. The summed E-state index contributed by atoms with van der Waals surface area (Å²) in [7, 11) is 0. The van der Waals surface area contributed by atoms with E-state index in [0.717, 1.165) is 9.47 Å². The molecule has 1 aliphatic rings. The van der Waals surface area contributed by atoms with Gasteiger partial charge in [-0.1, -0.05) is 46.3 Å². The van der Waals surface area contributed by atoms with Crippen LogP contribution in [-0.2, 0) is 4.79 Å². The van der Waals surface area contributed by atoms with Crippen LogP contribution in [0, 0.1) is 0 Å². The zero-order valence-electron chi connectivity index (χ0n) is 11.3. The second-order valence-corrected chi connectivity index (χ2v) is 7.80. The fourth-order valence-corrected chi connectivity index (χ4v) is 3.60. The van der Waals surface area contributed by atoms with Crippen molar-refractivity contribution in [2.75, 3.05) is 16.4 Å². The van der Waals surface area contributed by atoms with Crippen LogP contribution in [0.5, 0.6) is 0 Å². The van der Waals surface area contributed by atoms with Gasteiger partial charge in [0.05, 0.1) is 16.5 Å². The number of anilines is 2. The van der Waals surface area contributed by atoms with E-state index in [2.05, 4.69) is 20.8 Å². The van der Waals surface area contributed by atoms with Gasteiger partial charge in [-0.25, -0.2) is 0 Å². The van der Waals surface area contributed by atoms with E-state index in [1.165, 1.54) is 35.9 Å². The normalized spacial score (nSPS) is 13.9. The van der Waals surface area contributed by atoms with Crippen molar-refractivity contribution in [3.63, 3.8) is 0 Å². The number of thioether (sulfide) groups is 1. The van der Waals surface area contributed by atoms with Gasteiger partial charge in [-0.3, -0.25) is 4.79 Å². The maximum atomic E-state index is 12.0. The van der Waals surface area contributed by atoms with Crippen molar-refractivity contribution in [1.29, 1.82) is 0 Å². The third-order valence-corrected chi connectivity index (χ3v) is 5.39. The second-order valence-electron chi connectivity index (χ2n) is 4.75. The Morgan fingerprint density at radius 1 is 1.36 bits per heavy atom. The zero-order chi connectivity index (χ0) is 15.5. The lowest BCUT2D eigenvalue weighted by Crippen LogP contribution is -2.14. The molecule has 0 radical (unpaired) electrons. The van der Waals surface area contributed by atoms with Gasteiger partial charge in [0.1, 0.15) is 0 Å². The van der Waals surface area contributed by atoms with Gasteiger partial charge < -0.3 is 10.6 Å². The molecule has 0 saturated heterocycles. The molecule has 1 saturated carbocycles. The molecule has 2 N–H and O–H groups in total. The van der Waals surface area contributed by atoms with E-state index in [1.807, 2.05) is 0 Å². The fraction of sp³-hybridized carbons (Fsp3) is 0.308. The van der Waals surface area contributed by atoms with E-state index in [-0.39, 0.29) is 11.7 Å². The number of amides is 1. The van der Waals surface area contributed by atoms with Gasteiger partial charge in [0.2, 0.25) is 11.0 Å². The molecular formula is C13H12Cl2N4OS2. The average molecular weight is 375 g/mol. The van der Waals surface area contributed by atoms with Crippen molar-refractivity contribution in [3.8, 4) is 0 Å². The molecule has 9 heteroatoms. The van der Waals surface area contributed by atoms with E-state index in [9.17, 15) is 4.79 Å². The van der Waals surface area contributed by atoms with Crippen LogP contribution >= 0.6 is 46.3 Å². The first-order valence-corrected chi connectivity index (χ1v) is 9.14. The van der Waals surface area contributed by atoms with E-state index < -0.39 is 0 Å². The van der Waals surface area contributed by atoms with Gasteiger partial charge in [0.25, 0.3) is 0 Å². The summed E-state index contributed by atoms with van der Waals surface area (Å²) in [4.78, 5) is 12.0. The Morgan fingerprint density at radius 3 is 2.95 bits per heavy atom. The Hall–Kier alpha value is -1.02. The van der Waals surface area contributed by atoms with Crippen molar-refractivity contribution < 1.29 is 4.79 Å². The van der Waals surface area contributed by atoms with Crippen LogP contribution in [-0.4, -0.2) is 27.9 Å². The number of carbonyl (C=O) groups is 1. The molecule has 0 unspecified atom stereocenters. The summed E-state index contributed by atoms with van der Waals surface area (Å²) in [5, 5.41) is 15.9. The third-order valence-electron chi connectivity index (χ3n) is 2.84. The number of nitrogens with one attached hydrogen (secondary N) is 2. The van der Waals surface area contributed by atoms with Crippen LogP contribution in [0.4, 0.5) is 10.8 Å². The van der Waals surface area contributed by atoms with Gasteiger partial charge in [-0.05, 0) is 31.0 Å². The van der Waals surface area contributed by atoms with Crippen molar-refractivity contribution in [2.24, 2.45) is 0 Å². The smallest absolute Gasteiger partial charge is 0.234 e. The summed E-state index contributed by atoms with van der Waals surface area (Å²) < 4.78 is 0.760. The van der Waals surface area contributed by atoms with Crippen molar-refractivity contribution >= 4 is 63.0 Å². The highest BCUT2D eigenvalue weighted by Crippen LogP contribution is 2.30. The minimum Gasteiger partial charge on any atom is -0.357 e. The van der Waals surface area contributed by atoms with Gasteiger partial charge >= 0.3 is 0 Å². The summed E-state index contributed by atoms with van der Waals surface area (Å²) in [5.74, 6) is 0.0713. The van der Waals surface area contributed by atoms with Crippen LogP contribution in [0.1, 0.15) is 12.8 Å². The number of nitrogens with zero attached hydrogens (tertiary/aromatic N) is 2. The quantitative estimate of drug-likeness (QED) is 0.743. The van der Waals surface area contributed by atoms with Crippen molar-refractivity contribution in [3.05, 3.63) is 28.2 Å². The van der Waals surface area contributed by atoms with Crippen molar-refractivity contribution in [1.82, 2.24) is 10.2 Å². The number of benzene rings is 1. The topological polar surface area (TPSA) is 66.9 Å². The summed E-state index contributed by atoms with van der Waals surface area (Å²) in [6.07, 6.45) is 2.37. The summed E-state index contributed by atoms with van der Waals surface area (Å²) in [5.41, 5.74) is 0.508. The van der Waals surface area contributed by atoms with E-state index in [0.29, 0.717) is 21.8 Å². The monoisotopic (exact) mass is 374 g/mol. The second kappa shape index (κ2) is 7.04. The minimum atomic E-state index is -0.166. The molecule has 1 amide bonds. The molecule has 1 fully saturated rings. The molecule has 0 aliphatic heterocycles.